The second kappa shape index (κ2) is 7.03. The number of halogens is 2. The molecule has 0 radical (unpaired) electrons. The number of aliphatic hydroxyl groups excluding tert-OH is 1. The van der Waals surface area contributed by atoms with Crippen molar-refractivity contribution in [2.24, 2.45) is 0 Å². The summed E-state index contributed by atoms with van der Waals surface area (Å²) < 4.78 is 10.5. The Morgan fingerprint density at radius 2 is 1.76 bits per heavy atom. The molecule has 0 heterocycles. The van der Waals surface area contributed by atoms with E-state index in [-0.39, 0.29) is 0 Å². The standard InChI is InChI=1S/C16H16Cl2O3/c1-20-11-4-6-16(21-2)12(9-11)15(19)8-10-3-5-13(17)14(18)7-10/h3-7,9,15,19H,8H2,1-2H3. The zero-order valence-corrected chi connectivity index (χ0v) is 13.3. The van der Waals surface area contributed by atoms with Crippen LogP contribution in [0, 0.1) is 0 Å². The van der Waals surface area contributed by atoms with Gasteiger partial charge in [-0.05, 0) is 35.9 Å². The van der Waals surface area contributed by atoms with Gasteiger partial charge in [0.05, 0.1) is 30.4 Å². The molecule has 5 heteroatoms. The molecule has 2 aromatic rings. The summed E-state index contributed by atoms with van der Waals surface area (Å²) in [5.74, 6) is 1.28. The molecule has 0 spiro atoms. The van der Waals surface area contributed by atoms with Gasteiger partial charge in [0.1, 0.15) is 11.5 Å². The minimum Gasteiger partial charge on any atom is -0.497 e. The fourth-order valence-corrected chi connectivity index (χ4v) is 2.42. The van der Waals surface area contributed by atoms with Crippen molar-refractivity contribution >= 4 is 23.2 Å². The number of ether oxygens (including phenoxy) is 2. The molecule has 3 nitrogen and oxygen atoms in total. The minimum absolute atomic E-state index is 0.403. The third kappa shape index (κ3) is 3.82. The molecule has 0 aliphatic carbocycles. The van der Waals surface area contributed by atoms with E-state index in [1.807, 2.05) is 6.07 Å². The summed E-state index contributed by atoms with van der Waals surface area (Å²) in [4.78, 5) is 0. The molecule has 2 rings (SSSR count). The Morgan fingerprint density at radius 3 is 2.38 bits per heavy atom. The lowest BCUT2D eigenvalue weighted by Crippen LogP contribution is -2.04. The second-order valence-corrected chi connectivity index (χ2v) is 5.39. The van der Waals surface area contributed by atoms with Gasteiger partial charge in [0.15, 0.2) is 0 Å². The summed E-state index contributed by atoms with van der Waals surface area (Å²) in [5, 5.41) is 11.4. The van der Waals surface area contributed by atoms with Crippen LogP contribution in [-0.4, -0.2) is 19.3 Å². The maximum Gasteiger partial charge on any atom is 0.124 e. The van der Waals surface area contributed by atoms with Gasteiger partial charge in [-0.2, -0.15) is 0 Å². The van der Waals surface area contributed by atoms with Crippen LogP contribution in [-0.2, 0) is 6.42 Å². The SMILES string of the molecule is COc1ccc(OC)c(C(O)Cc2ccc(Cl)c(Cl)c2)c1. The molecule has 1 N–H and O–H groups in total. The molecule has 0 fully saturated rings. The van der Waals surface area contributed by atoms with E-state index in [4.69, 9.17) is 32.7 Å². The largest absolute Gasteiger partial charge is 0.497 e. The summed E-state index contributed by atoms with van der Waals surface area (Å²) in [6.45, 7) is 0. The molecule has 0 saturated carbocycles. The van der Waals surface area contributed by atoms with Crippen LogP contribution in [0.1, 0.15) is 17.2 Å². The number of benzene rings is 2. The molecule has 21 heavy (non-hydrogen) atoms. The second-order valence-electron chi connectivity index (χ2n) is 4.58. The molecule has 0 aliphatic heterocycles. The van der Waals surface area contributed by atoms with Crippen molar-refractivity contribution in [3.63, 3.8) is 0 Å². The van der Waals surface area contributed by atoms with E-state index in [9.17, 15) is 5.11 Å². The molecule has 0 bridgehead atoms. The Hall–Kier alpha value is -1.42. The van der Waals surface area contributed by atoms with E-state index in [0.717, 1.165) is 5.56 Å². The van der Waals surface area contributed by atoms with Crippen LogP contribution in [0.15, 0.2) is 36.4 Å². The van der Waals surface area contributed by atoms with E-state index >= 15 is 0 Å². The van der Waals surface area contributed by atoms with E-state index < -0.39 is 6.10 Å². The Kier molecular flexibility index (Phi) is 5.34. The van der Waals surface area contributed by atoms with Gasteiger partial charge in [-0.15, -0.1) is 0 Å². The lowest BCUT2D eigenvalue weighted by Gasteiger charge is -2.16. The van der Waals surface area contributed by atoms with Gasteiger partial charge in [-0.25, -0.2) is 0 Å². The highest BCUT2D eigenvalue weighted by atomic mass is 35.5. The number of aliphatic hydroxyl groups is 1. The minimum atomic E-state index is -0.729. The van der Waals surface area contributed by atoms with Crippen LogP contribution in [0.5, 0.6) is 11.5 Å². The van der Waals surface area contributed by atoms with Crippen LogP contribution in [0.2, 0.25) is 10.0 Å². The smallest absolute Gasteiger partial charge is 0.124 e. The zero-order valence-electron chi connectivity index (χ0n) is 11.8. The average molecular weight is 327 g/mol. The van der Waals surface area contributed by atoms with E-state index in [1.54, 1.807) is 44.6 Å². The van der Waals surface area contributed by atoms with Crippen molar-refractivity contribution in [1.29, 1.82) is 0 Å². The van der Waals surface area contributed by atoms with Gasteiger partial charge in [-0.3, -0.25) is 0 Å². The lowest BCUT2D eigenvalue weighted by atomic mass is 10.0. The number of hydrogen-bond acceptors (Lipinski definition) is 3. The third-order valence-corrected chi connectivity index (χ3v) is 3.95. The van der Waals surface area contributed by atoms with Crippen LogP contribution in [0.3, 0.4) is 0 Å². The summed E-state index contributed by atoms with van der Waals surface area (Å²) in [6, 6.07) is 10.6. The molecule has 0 aromatic heterocycles. The van der Waals surface area contributed by atoms with Crippen molar-refractivity contribution in [3.8, 4) is 11.5 Å². The highest BCUT2D eigenvalue weighted by Crippen LogP contribution is 2.32. The fourth-order valence-electron chi connectivity index (χ4n) is 2.10. The van der Waals surface area contributed by atoms with Gasteiger partial charge in [0, 0.05) is 12.0 Å². The predicted molar refractivity (Wildman–Crippen MR) is 84.7 cm³/mol. The predicted octanol–water partition coefficient (Wildman–Crippen LogP) is 4.29. The van der Waals surface area contributed by atoms with E-state index in [2.05, 4.69) is 0 Å². The first-order chi connectivity index (χ1) is 10.0. The van der Waals surface area contributed by atoms with Crippen molar-refractivity contribution in [2.45, 2.75) is 12.5 Å². The van der Waals surface area contributed by atoms with Gasteiger partial charge in [-0.1, -0.05) is 29.3 Å². The maximum atomic E-state index is 10.5. The van der Waals surface area contributed by atoms with Crippen molar-refractivity contribution in [1.82, 2.24) is 0 Å². The van der Waals surface area contributed by atoms with Crippen molar-refractivity contribution < 1.29 is 14.6 Å². The lowest BCUT2D eigenvalue weighted by molar-refractivity contribution is 0.173. The monoisotopic (exact) mass is 326 g/mol. The van der Waals surface area contributed by atoms with Gasteiger partial charge in [0.25, 0.3) is 0 Å². The Balaban J connectivity index is 2.26. The molecule has 0 amide bonds. The molecule has 1 unspecified atom stereocenters. The number of methoxy groups -OCH3 is 2. The molecule has 112 valence electrons. The quantitative estimate of drug-likeness (QED) is 0.890. The molecule has 1 atom stereocenters. The van der Waals surface area contributed by atoms with E-state index in [0.29, 0.717) is 33.5 Å². The summed E-state index contributed by atoms with van der Waals surface area (Å²) in [7, 11) is 3.15. The topological polar surface area (TPSA) is 38.7 Å². The molecule has 0 saturated heterocycles. The Morgan fingerprint density at radius 1 is 1.00 bits per heavy atom. The Bertz CT molecular complexity index is 629. The fraction of sp³-hybridized carbons (Fsp3) is 0.250. The number of rotatable bonds is 5. The summed E-state index contributed by atoms with van der Waals surface area (Å²) in [6.07, 6.45) is -0.326. The third-order valence-electron chi connectivity index (χ3n) is 3.21. The summed E-state index contributed by atoms with van der Waals surface area (Å²) in [5.41, 5.74) is 1.56. The first-order valence-electron chi connectivity index (χ1n) is 6.39. The van der Waals surface area contributed by atoms with Crippen LogP contribution in [0.25, 0.3) is 0 Å². The molecule has 2 aromatic carbocycles. The highest BCUT2D eigenvalue weighted by molar-refractivity contribution is 6.42. The molecular formula is C16H16Cl2O3. The Labute approximate surface area is 134 Å². The van der Waals surface area contributed by atoms with Gasteiger partial charge >= 0.3 is 0 Å². The van der Waals surface area contributed by atoms with Crippen molar-refractivity contribution in [3.05, 3.63) is 57.6 Å². The molecule has 0 aliphatic rings. The number of hydrogen-bond donors (Lipinski definition) is 1. The molecular weight excluding hydrogens is 311 g/mol. The van der Waals surface area contributed by atoms with Crippen LogP contribution in [0.4, 0.5) is 0 Å². The average Bonchev–Trinajstić information content (AvgIpc) is 2.50. The maximum absolute atomic E-state index is 10.5. The highest BCUT2D eigenvalue weighted by Gasteiger charge is 2.15. The van der Waals surface area contributed by atoms with Gasteiger partial charge < -0.3 is 14.6 Å². The van der Waals surface area contributed by atoms with Crippen molar-refractivity contribution in [2.75, 3.05) is 14.2 Å². The summed E-state index contributed by atoms with van der Waals surface area (Å²) >= 11 is 11.9. The van der Waals surface area contributed by atoms with E-state index in [1.165, 1.54) is 0 Å². The first-order valence-corrected chi connectivity index (χ1v) is 7.14. The normalized spacial score (nSPS) is 12.0. The van der Waals surface area contributed by atoms with Gasteiger partial charge in [0.2, 0.25) is 0 Å². The van der Waals surface area contributed by atoms with Crippen LogP contribution >= 0.6 is 23.2 Å². The zero-order chi connectivity index (χ0) is 15.4. The first kappa shape index (κ1) is 16.0. The van der Waals surface area contributed by atoms with Crippen LogP contribution < -0.4 is 9.47 Å².